The van der Waals surface area contributed by atoms with Crippen LogP contribution < -0.4 is 10.9 Å². The van der Waals surface area contributed by atoms with E-state index >= 15 is 0 Å². The van der Waals surface area contributed by atoms with E-state index in [9.17, 15) is 9.59 Å². The number of hydrogen-bond donors (Lipinski definition) is 2. The molecule has 0 aromatic carbocycles. The zero-order chi connectivity index (χ0) is 15.2. The third-order valence-electron chi connectivity index (χ3n) is 3.81. The Labute approximate surface area is 124 Å². The molecule has 1 aliphatic carbocycles. The van der Waals surface area contributed by atoms with Crippen molar-refractivity contribution < 1.29 is 4.79 Å². The lowest BCUT2D eigenvalue weighted by Crippen LogP contribution is -2.30. The molecule has 0 spiro atoms. The Morgan fingerprint density at radius 2 is 2.00 bits per heavy atom. The van der Waals surface area contributed by atoms with E-state index in [4.69, 9.17) is 0 Å². The van der Waals surface area contributed by atoms with Gasteiger partial charge >= 0.3 is 0 Å². The molecule has 6 heteroatoms. The molecule has 2 rings (SSSR count). The number of H-pyrrole nitrogens is 1. The van der Waals surface area contributed by atoms with Crippen LogP contribution in [0.5, 0.6) is 0 Å². The molecule has 1 aromatic rings. The van der Waals surface area contributed by atoms with Crippen molar-refractivity contribution >= 4 is 5.91 Å². The van der Waals surface area contributed by atoms with E-state index in [1.807, 2.05) is 14.1 Å². The average Bonchev–Trinajstić information content (AvgIpc) is 2.47. The van der Waals surface area contributed by atoms with Gasteiger partial charge in [0.05, 0.1) is 12.1 Å². The molecular weight excluding hydrogens is 268 g/mol. The van der Waals surface area contributed by atoms with Gasteiger partial charge in [0.2, 0.25) is 5.91 Å². The summed E-state index contributed by atoms with van der Waals surface area (Å²) in [6.07, 6.45) is 4.93. The number of aromatic nitrogens is 2. The fourth-order valence-corrected chi connectivity index (χ4v) is 2.71. The monoisotopic (exact) mass is 292 g/mol. The highest BCUT2D eigenvalue weighted by Crippen LogP contribution is 2.20. The minimum atomic E-state index is -0.0974. The Kier molecular flexibility index (Phi) is 5.50. The summed E-state index contributed by atoms with van der Waals surface area (Å²) < 4.78 is 0. The van der Waals surface area contributed by atoms with Crippen LogP contribution in [0.15, 0.2) is 4.79 Å². The molecule has 21 heavy (non-hydrogen) atoms. The Bertz CT molecular complexity index is 551. The van der Waals surface area contributed by atoms with Crippen molar-refractivity contribution in [3.05, 3.63) is 27.2 Å². The SMILES string of the molecule is CN(C)CCCNC(=O)Cc1n[nH]c(=O)c2c1CCCC2. The van der Waals surface area contributed by atoms with Gasteiger partial charge in [0, 0.05) is 12.1 Å². The van der Waals surface area contributed by atoms with Gasteiger partial charge in [-0.25, -0.2) is 5.10 Å². The van der Waals surface area contributed by atoms with Gasteiger partial charge in [-0.2, -0.15) is 5.10 Å². The number of carbonyl (C=O) groups is 1. The second-order valence-electron chi connectivity index (χ2n) is 5.85. The molecule has 0 unspecified atom stereocenters. The lowest BCUT2D eigenvalue weighted by molar-refractivity contribution is -0.120. The van der Waals surface area contributed by atoms with E-state index in [1.165, 1.54) is 0 Å². The number of nitrogens with zero attached hydrogens (tertiary/aromatic N) is 2. The first-order chi connectivity index (χ1) is 10.1. The lowest BCUT2D eigenvalue weighted by Gasteiger charge is -2.17. The van der Waals surface area contributed by atoms with Crippen molar-refractivity contribution in [1.82, 2.24) is 20.4 Å². The van der Waals surface area contributed by atoms with Crippen molar-refractivity contribution in [1.29, 1.82) is 0 Å². The molecule has 1 amide bonds. The van der Waals surface area contributed by atoms with Crippen LogP contribution in [0.2, 0.25) is 0 Å². The molecule has 116 valence electrons. The quantitative estimate of drug-likeness (QED) is 0.737. The molecule has 1 aliphatic rings. The third-order valence-corrected chi connectivity index (χ3v) is 3.81. The highest BCUT2D eigenvalue weighted by atomic mass is 16.1. The predicted octanol–water partition coefficient (Wildman–Crippen LogP) is 0.259. The summed E-state index contributed by atoms with van der Waals surface area (Å²) in [7, 11) is 4.02. The zero-order valence-corrected chi connectivity index (χ0v) is 12.9. The van der Waals surface area contributed by atoms with Crippen LogP contribution in [0.4, 0.5) is 0 Å². The van der Waals surface area contributed by atoms with Crippen LogP contribution >= 0.6 is 0 Å². The maximum atomic E-state index is 12.0. The fraction of sp³-hybridized carbons (Fsp3) is 0.667. The van der Waals surface area contributed by atoms with Gasteiger partial charge in [-0.1, -0.05) is 0 Å². The maximum Gasteiger partial charge on any atom is 0.267 e. The van der Waals surface area contributed by atoms with E-state index in [0.29, 0.717) is 6.54 Å². The first-order valence-corrected chi connectivity index (χ1v) is 7.58. The second kappa shape index (κ2) is 7.36. The Morgan fingerprint density at radius 1 is 1.29 bits per heavy atom. The number of rotatable bonds is 6. The number of carbonyl (C=O) groups excluding carboxylic acids is 1. The molecule has 1 heterocycles. The van der Waals surface area contributed by atoms with Gasteiger partial charge in [0.25, 0.3) is 5.56 Å². The van der Waals surface area contributed by atoms with Crippen molar-refractivity contribution in [2.75, 3.05) is 27.2 Å². The van der Waals surface area contributed by atoms with Gasteiger partial charge in [-0.3, -0.25) is 9.59 Å². The van der Waals surface area contributed by atoms with Gasteiger partial charge in [0.1, 0.15) is 0 Å². The number of hydrogen-bond acceptors (Lipinski definition) is 4. The second-order valence-corrected chi connectivity index (χ2v) is 5.85. The summed E-state index contributed by atoms with van der Waals surface area (Å²) in [5.74, 6) is -0.0268. The fourth-order valence-electron chi connectivity index (χ4n) is 2.71. The Morgan fingerprint density at radius 3 is 2.71 bits per heavy atom. The summed E-state index contributed by atoms with van der Waals surface area (Å²) in [6.45, 7) is 1.62. The Balaban J connectivity index is 1.94. The maximum absolute atomic E-state index is 12.0. The number of aromatic amines is 1. The van der Waals surface area contributed by atoms with E-state index in [0.717, 1.165) is 55.5 Å². The van der Waals surface area contributed by atoms with Crippen molar-refractivity contribution in [2.45, 2.75) is 38.5 Å². The standard InChI is InChI=1S/C15H24N4O2/c1-19(2)9-5-8-16-14(20)10-13-11-6-3-4-7-12(11)15(21)18-17-13/h3-10H2,1-2H3,(H,16,20)(H,18,21). The minimum Gasteiger partial charge on any atom is -0.356 e. The number of fused-ring (bicyclic) bond motifs is 1. The van der Waals surface area contributed by atoms with Crippen LogP contribution in [0, 0.1) is 0 Å². The summed E-state index contributed by atoms with van der Waals surface area (Å²) >= 11 is 0. The summed E-state index contributed by atoms with van der Waals surface area (Å²) in [5, 5.41) is 9.52. The molecule has 2 N–H and O–H groups in total. The van der Waals surface area contributed by atoms with Crippen LogP contribution in [-0.2, 0) is 24.1 Å². The van der Waals surface area contributed by atoms with Crippen LogP contribution in [0.3, 0.4) is 0 Å². The summed E-state index contributed by atoms with van der Waals surface area (Å²) in [5.41, 5.74) is 2.45. The first-order valence-electron chi connectivity index (χ1n) is 7.58. The average molecular weight is 292 g/mol. The smallest absolute Gasteiger partial charge is 0.267 e. The van der Waals surface area contributed by atoms with E-state index in [1.54, 1.807) is 0 Å². The minimum absolute atomic E-state index is 0.0268. The third kappa shape index (κ3) is 4.39. The summed E-state index contributed by atoms with van der Waals surface area (Å²) in [4.78, 5) is 25.8. The normalized spacial score (nSPS) is 14.0. The van der Waals surface area contributed by atoms with Crippen molar-refractivity contribution in [3.63, 3.8) is 0 Å². The molecule has 0 saturated carbocycles. The Hall–Kier alpha value is -1.69. The highest BCUT2D eigenvalue weighted by Gasteiger charge is 2.19. The molecular formula is C15H24N4O2. The van der Waals surface area contributed by atoms with E-state index in [-0.39, 0.29) is 17.9 Å². The molecule has 0 bridgehead atoms. The van der Waals surface area contributed by atoms with Crippen molar-refractivity contribution in [2.24, 2.45) is 0 Å². The van der Waals surface area contributed by atoms with E-state index in [2.05, 4.69) is 20.4 Å². The topological polar surface area (TPSA) is 78.1 Å². The van der Waals surface area contributed by atoms with E-state index < -0.39 is 0 Å². The number of amides is 1. The molecule has 0 fully saturated rings. The molecule has 0 radical (unpaired) electrons. The highest BCUT2D eigenvalue weighted by molar-refractivity contribution is 5.78. The summed E-state index contributed by atoms with van der Waals surface area (Å²) in [6, 6.07) is 0. The molecule has 1 aromatic heterocycles. The van der Waals surface area contributed by atoms with Gasteiger partial charge in [-0.15, -0.1) is 0 Å². The van der Waals surface area contributed by atoms with Crippen molar-refractivity contribution in [3.8, 4) is 0 Å². The number of nitrogens with one attached hydrogen (secondary N) is 2. The molecule has 0 aliphatic heterocycles. The van der Waals surface area contributed by atoms with Gasteiger partial charge in [0.15, 0.2) is 0 Å². The first kappa shape index (κ1) is 15.7. The zero-order valence-electron chi connectivity index (χ0n) is 12.9. The van der Waals surface area contributed by atoms with Crippen LogP contribution in [0.25, 0.3) is 0 Å². The van der Waals surface area contributed by atoms with Gasteiger partial charge < -0.3 is 10.2 Å². The largest absolute Gasteiger partial charge is 0.356 e. The van der Waals surface area contributed by atoms with Gasteiger partial charge in [-0.05, 0) is 58.3 Å². The molecule has 0 atom stereocenters. The van der Waals surface area contributed by atoms with Crippen LogP contribution in [0.1, 0.15) is 36.1 Å². The molecule has 0 saturated heterocycles. The van der Waals surface area contributed by atoms with Crippen LogP contribution in [-0.4, -0.2) is 48.2 Å². The molecule has 6 nitrogen and oxygen atoms in total. The lowest BCUT2D eigenvalue weighted by atomic mass is 9.91. The predicted molar refractivity (Wildman–Crippen MR) is 81.4 cm³/mol.